The predicted octanol–water partition coefficient (Wildman–Crippen LogP) is 11.3. The van der Waals surface area contributed by atoms with Crippen LogP contribution >= 0.6 is 44.3 Å². The van der Waals surface area contributed by atoms with Crippen LogP contribution in [0.15, 0.2) is 142 Å². The van der Waals surface area contributed by atoms with Crippen molar-refractivity contribution in [1.82, 2.24) is 45.4 Å². The van der Waals surface area contributed by atoms with E-state index in [4.69, 9.17) is 25.1 Å². The molecule has 2 aliphatic rings. The lowest BCUT2D eigenvalue weighted by Gasteiger charge is -2.19. The molecule has 3 atom stereocenters. The summed E-state index contributed by atoms with van der Waals surface area (Å²) in [4.78, 5) is 32.9. The van der Waals surface area contributed by atoms with E-state index in [1.807, 2.05) is 25.1 Å². The molecule has 0 spiro atoms. The molecule has 5 N–H and O–H groups in total. The smallest absolute Gasteiger partial charge is 0.316 e. The number of benzene rings is 3. The molecule has 2 fully saturated rings. The number of carboxylic acids is 1. The van der Waals surface area contributed by atoms with Crippen LogP contribution in [0.1, 0.15) is 108 Å². The van der Waals surface area contributed by atoms with Gasteiger partial charge in [-0.2, -0.15) is 9.97 Å². The highest BCUT2D eigenvalue weighted by Crippen LogP contribution is 2.25. The van der Waals surface area contributed by atoms with Gasteiger partial charge in [-0.15, -0.1) is 12.4 Å². The Morgan fingerprint density at radius 3 is 1.37 bits per heavy atom. The summed E-state index contributed by atoms with van der Waals surface area (Å²) in [5.74, 6) is 17.6. The first-order valence-electron chi connectivity index (χ1n) is 25.0. The Labute approximate surface area is 490 Å². The number of carboxylic acid groups (broad SMARTS) is 1. The molecule has 0 saturated carbocycles. The summed E-state index contributed by atoms with van der Waals surface area (Å²) in [5.41, 5.74) is 10.9. The number of carbonyl (C=O) groups is 1. The Balaban J connectivity index is 0.000000204. The minimum Gasteiger partial charge on any atom is -0.480 e. The van der Waals surface area contributed by atoms with Crippen molar-refractivity contribution in [1.29, 1.82) is 0 Å². The van der Waals surface area contributed by atoms with E-state index in [1.165, 1.54) is 81.4 Å². The third-order valence-corrected chi connectivity index (χ3v) is 12.0. The van der Waals surface area contributed by atoms with Crippen LogP contribution in [0.4, 0.5) is 13.2 Å². The van der Waals surface area contributed by atoms with E-state index in [0.717, 1.165) is 24.2 Å². The molecule has 2 aliphatic heterocycles. The van der Waals surface area contributed by atoms with Crippen molar-refractivity contribution < 1.29 is 37.3 Å². The monoisotopic (exact) mass is 1250 g/mol. The van der Waals surface area contributed by atoms with Crippen molar-refractivity contribution in [3.05, 3.63) is 196 Å². The lowest BCUT2D eigenvalue weighted by atomic mass is 10.2. The first kappa shape index (κ1) is 63.6. The number of alkyl halides is 2. The third kappa shape index (κ3) is 21.7. The van der Waals surface area contributed by atoms with Crippen LogP contribution in [-0.2, 0) is 4.79 Å². The molecule has 22 heteroatoms. The number of halogens is 6. The molecular weight excluding hydrogens is 1190 g/mol. The second-order valence-corrected chi connectivity index (χ2v) is 20.2. The van der Waals surface area contributed by atoms with Crippen molar-refractivity contribution in [2.24, 2.45) is 10.9 Å². The van der Waals surface area contributed by atoms with Gasteiger partial charge in [0.1, 0.15) is 39.4 Å². The number of pyridine rings is 3. The number of rotatable bonds is 7. The summed E-state index contributed by atoms with van der Waals surface area (Å²) >= 11 is 6.21. The number of hydrogen-bond acceptors (Lipinski definition) is 14. The molecule has 0 aliphatic carbocycles. The molecular formula is C59H55Br2ClF3N11O5. The summed E-state index contributed by atoms with van der Waals surface area (Å²) in [7, 11) is 0. The van der Waals surface area contributed by atoms with Crippen LogP contribution in [0.5, 0.6) is 0 Å². The number of hydrogen-bond donors (Lipinski definition) is 4. The molecule has 0 radical (unpaired) electrons. The van der Waals surface area contributed by atoms with Gasteiger partial charge in [0.05, 0.1) is 10.9 Å². The molecule has 0 amide bonds. The number of amidine groups is 1. The van der Waals surface area contributed by atoms with E-state index in [-0.39, 0.29) is 46.6 Å². The van der Waals surface area contributed by atoms with E-state index in [0.29, 0.717) is 62.8 Å². The summed E-state index contributed by atoms with van der Waals surface area (Å²) in [6.45, 7) is 10.2. The number of nitrogens with one attached hydrogen (secondary N) is 1. The minimum absolute atomic E-state index is 0. The van der Waals surface area contributed by atoms with Crippen LogP contribution < -0.4 is 11.1 Å². The molecule has 10 rings (SSSR count). The number of aliphatic carboxylic acids is 1. The number of aromatic nitrogens is 7. The Kier molecular flexibility index (Phi) is 26.2. The quantitative estimate of drug-likeness (QED) is 0.0291. The average Bonchev–Trinajstić information content (AvgIpc) is 4.36. The fourth-order valence-corrected chi connectivity index (χ4v) is 7.11. The lowest BCUT2D eigenvalue weighted by Crippen LogP contribution is -2.23. The second-order valence-electron chi connectivity index (χ2n) is 17.4. The van der Waals surface area contributed by atoms with Crippen molar-refractivity contribution in [2.45, 2.75) is 62.2 Å². The van der Waals surface area contributed by atoms with Crippen LogP contribution in [0.25, 0.3) is 23.0 Å². The Bertz CT molecular complexity index is 3480. The maximum absolute atomic E-state index is 13.2. The van der Waals surface area contributed by atoms with Crippen molar-refractivity contribution in [2.75, 3.05) is 26.2 Å². The molecule has 3 unspecified atom stereocenters. The van der Waals surface area contributed by atoms with E-state index >= 15 is 0 Å². The predicted molar refractivity (Wildman–Crippen MR) is 311 cm³/mol. The van der Waals surface area contributed by atoms with Gasteiger partial charge in [0, 0.05) is 52.0 Å². The highest BCUT2D eigenvalue weighted by atomic mass is 79.9. The topological polar surface area (TPSA) is 228 Å². The van der Waals surface area contributed by atoms with Crippen LogP contribution in [0.2, 0.25) is 0 Å². The Morgan fingerprint density at radius 2 is 1.04 bits per heavy atom. The zero-order chi connectivity index (χ0) is 57.2. The van der Waals surface area contributed by atoms with E-state index < -0.39 is 10.8 Å². The minimum atomic E-state index is -0.824. The van der Waals surface area contributed by atoms with Gasteiger partial charge in [0.15, 0.2) is 5.84 Å². The summed E-state index contributed by atoms with van der Waals surface area (Å²) in [6, 6.07) is 29.0. The van der Waals surface area contributed by atoms with Crippen molar-refractivity contribution in [3.63, 3.8) is 0 Å². The van der Waals surface area contributed by atoms with Gasteiger partial charge >= 0.3 is 5.97 Å². The molecule has 3 aromatic carbocycles. The van der Waals surface area contributed by atoms with Crippen LogP contribution in [-0.4, -0.2) is 93.3 Å². The molecule has 7 heterocycles. The Hall–Kier alpha value is -8.23. The van der Waals surface area contributed by atoms with Gasteiger partial charge in [-0.3, -0.25) is 24.6 Å². The zero-order valence-electron chi connectivity index (χ0n) is 44.0. The number of nitrogens with two attached hydrogens (primary N) is 1. The normalized spacial score (nSPS) is 13.4. The summed E-state index contributed by atoms with van der Waals surface area (Å²) in [6.07, 6.45) is 9.98. The number of nitrogens with zero attached hydrogens (tertiary/aromatic N) is 9. The highest BCUT2D eigenvalue weighted by molar-refractivity contribution is 9.10. The fraction of sp³-hybridized carbons (Fsp3) is 0.237. The van der Waals surface area contributed by atoms with Gasteiger partial charge in [-0.25, -0.2) is 13.2 Å². The average molecular weight is 1250 g/mol. The highest BCUT2D eigenvalue weighted by Gasteiger charge is 2.24. The first-order chi connectivity index (χ1) is 38.6. The van der Waals surface area contributed by atoms with Gasteiger partial charge in [-0.1, -0.05) is 101 Å². The SMILES string of the molecule is C1CCNC1.CC(Br)C(=O)O.CC(Br)c1nc(-c2ccc(C#Cc3cccc(F)c3)cn2)no1.CC(c1nc(-c2ccc(C#Cc3cccc(F)c3)cn2)no1)N1CCCC1.Cl.N/C(=N\O)c1ccc(C#Cc2cccc(F)c2)cn1. The van der Waals surface area contributed by atoms with E-state index in [2.05, 4.69) is 125 Å². The van der Waals surface area contributed by atoms with Gasteiger partial charge in [0.25, 0.3) is 0 Å². The second kappa shape index (κ2) is 33.4. The van der Waals surface area contributed by atoms with Crippen molar-refractivity contribution in [3.8, 4) is 58.6 Å². The first-order valence-corrected chi connectivity index (χ1v) is 26.8. The number of oxime groups is 1. The zero-order valence-corrected chi connectivity index (χ0v) is 48.0. The van der Waals surface area contributed by atoms with E-state index in [9.17, 15) is 18.0 Å². The standard InChI is InChI=1S/C21H19FN4O.C17H11BrFN3O.C14H10FN3O.C4H9N.C3H5BrO2.ClH/c1-15(26-11-2-3-12-26)21-24-20(25-27-21)19-10-9-17(14-23-19)8-7-16-5-4-6-18(22)13-16;1-11(18)17-21-16(22-23-17)15-8-7-13(10-20-15)6-5-12-3-2-4-14(19)9-12;15-12-3-1-2-10(8-12)4-5-11-6-7-13(17-9-11)14(16)18-19;1-2-4-5-3-1;1-2(4)3(5)6;/h4-6,9-10,13-15H,2-3,11-12H2,1H3;2-4,7-11H,1H3;1-3,6-9,19H,(H2,16,18);5H,1-4H2;2H,1H3,(H,5,6);1H. The third-order valence-electron chi connectivity index (χ3n) is 11.2. The fourth-order valence-electron chi connectivity index (χ4n) is 6.92. The lowest BCUT2D eigenvalue weighted by molar-refractivity contribution is -0.135. The molecule has 2 saturated heterocycles. The molecule has 5 aromatic heterocycles. The van der Waals surface area contributed by atoms with Crippen molar-refractivity contribution >= 4 is 56.1 Å². The summed E-state index contributed by atoms with van der Waals surface area (Å²) < 4.78 is 49.8. The molecule has 0 bridgehead atoms. The largest absolute Gasteiger partial charge is 0.480 e. The van der Waals surface area contributed by atoms with E-state index in [1.54, 1.807) is 73.9 Å². The van der Waals surface area contributed by atoms with Crippen LogP contribution in [0.3, 0.4) is 0 Å². The number of likely N-dealkylation sites (tertiary alicyclic amines) is 1. The van der Waals surface area contributed by atoms with Gasteiger partial charge in [-0.05, 0) is 164 Å². The maximum Gasteiger partial charge on any atom is 0.316 e. The Morgan fingerprint density at radius 1 is 0.630 bits per heavy atom. The van der Waals surface area contributed by atoms with Gasteiger partial charge < -0.3 is 30.4 Å². The van der Waals surface area contributed by atoms with Crippen LogP contribution in [0, 0.1) is 53.0 Å². The molecule has 81 heavy (non-hydrogen) atoms. The molecule has 16 nitrogen and oxygen atoms in total. The summed E-state index contributed by atoms with van der Waals surface area (Å²) in [5, 5.41) is 30.5. The molecule has 418 valence electrons. The maximum atomic E-state index is 13.2. The van der Waals surface area contributed by atoms with Gasteiger partial charge in [0.2, 0.25) is 23.4 Å². The molecule has 8 aromatic rings.